The molecule has 0 atom stereocenters. The first-order valence-electron chi connectivity index (χ1n) is 5.66. The Hall–Kier alpha value is -1.39. The molecule has 0 aromatic heterocycles. The van der Waals surface area contributed by atoms with E-state index in [1.807, 2.05) is 6.61 Å². The molecule has 3 aromatic rings. The van der Waals surface area contributed by atoms with Crippen molar-refractivity contribution in [2.45, 2.75) is 0 Å². The van der Waals surface area contributed by atoms with Gasteiger partial charge in [0.05, 0.1) is 0 Å². The predicted molar refractivity (Wildman–Crippen MR) is 71.9 cm³/mol. The van der Waals surface area contributed by atoms with E-state index in [0.29, 0.717) is 0 Å². The third-order valence-electron chi connectivity index (χ3n) is 3.05. The summed E-state index contributed by atoms with van der Waals surface area (Å²) >= 11 is 0. The second-order valence-electron chi connectivity index (χ2n) is 4.09. The Kier molecular flexibility index (Phi) is 3.99. The molecule has 0 radical (unpaired) electrons. The molecule has 0 aliphatic carbocycles. The van der Waals surface area contributed by atoms with Crippen LogP contribution in [0.4, 0.5) is 0 Å². The number of methoxy groups -OCH3 is 1. The van der Waals surface area contributed by atoms with Crippen LogP contribution in [-0.4, -0.2) is 7.11 Å². The Morgan fingerprint density at radius 3 is 1.83 bits per heavy atom. The van der Waals surface area contributed by atoms with Crippen molar-refractivity contribution >= 4 is 21.5 Å². The minimum Gasteiger partial charge on any atom is -0.417 e. The zero-order valence-electron chi connectivity index (χ0n) is 10.7. The fourth-order valence-electron chi connectivity index (χ4n) is 2.29. The van der Waals surface area contributed by atoms with Gasteiger partial charge in [-0.3, -0.25) is 0 Å². The van der Waals surface area contributed by atoms with Crippen molar-refractivity contribution in [3.8, 4) is 0 Å². The average Bonchev–Trinajstić information content (AvgIpc) is 2.39. The van der Waals surface area contributed by atoms with E-state index >= 15 is 0 Å². The SMILES string of the molecule is CO[CH-]c1c2ccccc2cc2ccccc12.[Li+]. The molecule has 1 nitrogen and oxygen atoms in total. The molecule has 3 aromatic carbocycles. The molecule has 0 spiro atoms. The molecule has 0 amide bonds. The smallest absolute Gasteiger partial charge is 0.417 e. The van der Waals surface area contributed by atoms with E-state index in [0.717, 1.165) is 5.56 Å². The number of hydrogen-bond acceptors (Lipinski definition) is 1. The molecule has 0 N–H and O–H groups in total. The summed E-state index contributed by atoms with van der Waals surface area (Å²) in [6.45, 7) is 1.82. The Balaban J connectivity index is 0.00000120. The minimum atomic E-state index is 0. The van der Waals surface area contributed by atoms with Gasteiger partial charge in [0.2, 0.25) is 0 Å². The van der Waals surface area contributed by atoms with E-state index in [2.05, 4.69) is 54.6 Å². The van der Waals surface area contributed by atoms with Crippen LogP contribution < -0.4 is 18.9 Å². The zero-order chi connectivity index (χ0) is 11.7. The molecule has 18 heavy (non-hydrogen) atoms. The van der Waals surface area contributed by atoms with Crippen LogP contribution in [0.1, 0.15) is 5.56 Å². The van der Waals surface area contributed by atoms with Gasteiger partial charge in [0, 0.05) is 7.11 Å². The van der Waals surface area contributed by atoms with Gasteiger partial charge in [-0.2, -0.15) is 5.56 Å². The largest absolute Gasteiger partial charge is 1.00 e. The Morgan fingerprint density at radius 2 is 1.33 bits per heavy atom. The molecular weight excluding hydrogens is 215 g/mol. The summed E-state index contributed by atoms with van der Waals surface area (Å²) in [7, 11) is 1.69. The molecule has 3 rings (SSSR count). The normalized spacial score (nSPS) is 10.3. The molecule has 2 heteroatoms. The van der Waals surface area contributed by atoms with E-state index in [4.69, 9.17) is 4.74 Å². The van der Waals surface area contributed by atoms with E-state index < -0.39 is 0 Å². The third-order valence-corrected chi connectivity index (χ3v) is 3.05. The van der Waals surface area contributed by atoms with Crippen LogP contribution in [-0.2, 0) is 4.74 Å². The van der Waals surface area contributed by atoms with Crippen LogP contribution in [0.5, 0.6) is 0 Å². The molecule has 0 heterocycles. The van der Waals surface area contributed by atoms with Crippen LogP contribution in [0, 0.1) is 6.61 Å². The first kappa shape index (κ1) is 13.0. The monoisotopic (exact) mass is 228 g/mol. The second-order valence-corrected chi connectivity index (χ2v) is 4.09. The van der Waals surface area contributed by atoms with Gasteiger partial charge in [-0.05, 0) is 0 Å². The first-order valence-corrected chi connectivity index (χ1v) is 5.66. The molecule has 84 valence electrons. The van der Waals surface area contributed by atoms with Crippen LogP contribution in [0.2, 0.25) is 0 Å². The van der Waals surface area contributed by atoms with Crippen molar-refractivity contribution in [1.82, 2.24) is 0 Å². The summed E-state index contributed by atoms with van der Waals surface area (Å²) in [4.78, 5) is 0. The van der Waals surface area contributed by atoms with Crippen LogP contribution in [0.15, 0.2) is 54.6 Å². The fraction of sp³-hybridized carbons (Fsp3) is 0.0625. The molecule has 0 saturated heterocycles. The standard InChI is InChI=1S/C16H13O.Li/c1-17-11-16-14-8-4-2-6-12(14)10-13-7-3-5-9-15(13)16;/h2-11H,1H3;/q-1;+1. The molecule has 0 fully saturated rings. The molecular formula is C16H13LiO. The maximum absolute atomic E-state index is 5.22. The Morgan fingerprint density at radius 1 is 0.833 bits per heavy atom. The summed E-state index contributed by atoms with van der Waals surface area (Å²) in [6.07, 6.45) is 0. The Bertz CT molecular complexity index is 622. The molecule has 0 aliphatic rings. The van der Waals surface area contributed by atoms with Crippen molar-refractivity contribution in [3.05, 3.63) is 66.8 Å². The zero-order valence-corrected chi connectivity index (χ0v) is 10.7. The summed E-state index contributed by atoms with van der Waals surface area (Å²) in [6, 6.07) is 19.0. The van der Waals surface area contributed by atoms with E-state index in [9.17, 15) is 0 Å². The van der Waals surface area contributed by atoms with Crippen molar-refractivity contribution in [2.75, 3.05) is 7.11 Å². The van der Waals surface area contributed by atoms with E-state index in [1.165, 1.54) is 21.5 Å². The fourth-order valence-corrected chi connectivity index (χ4v) is 2.29. The summed E-state index contributed by atoms with van der Waals surface area (Å²) in [5.41, 5.74) is 1.15. The topological polar surface area (TPSA) is 9.23 Å². The first-order chi connectivity index (χ1) is 8.40. The third kappa shape index (κ3) is 2.13. The van der Waals surface area contributed by atoms with Crippen LogP contribution in [0.3, 0.4) is 0 Å². The van der Waals surface area contributed by atoms with E-state index in [-0.39, 0.29) is 18.9 Å². The van der Waals surface area contributed by atoms with Gasteiger partial charge < -0.3 is 4.74 Å². The quantitative estimate of drug-likeness (QED) is 0.363. The number of hydrogen-bond donors (Lipinski definition) is 0. The van der Waals surface area contributed by atoms with Crippen LogP contribution in [0.25, 0.3) is 21.5 Å². The van der Waals surface area contributed by atoms with Gasteiger partial charge >= 0.3 is 18.9 Å². The van der Waals surface area contributed by atoms with Crippen LogP contribution >= 0.6 is 0 Å². The molecule has 0 aliphatic heterocycles. The van der Waals surface area contributed by atoms with E-state index in [1.54, 1.807) is 7.11 Å². The van der Waals surface area contributed by atoms with Gasteiger partial charge in [0.25, 0.3) is 0 Å². The van der Waals surface area contributed by atoms with Crippen molar-refractivity contribution in [2.24, 2.45) is 0 Å². The number of ether oxygens (including phenoxy) is 1. The van der Waals surface area contributed by atoms with Gasteiger partial charge in [-0.1, -0.05) is 59.8 Å². The maximum Gasteiger partial charge on any atom is 1.00 e. The van der Waals surface area contributed by atoms with Crippen molar-refractivity contribution < 1.29 is 23.6 Å². The maximum atomic E-state index is 5.22. The summed E-state index contributed by atoms with van der Waals surface area (Å²) in [5.74, 6) is 0. The van der Waals surface area contributed by atoms with Gasteiger partial charge in [0.1, 0.15) is 0 Å². The number of benzene rings is 3. The van der Waals surface area contributed by atoms with Gasteiger partial charge in [-0.25, -0.2) is 0 Å². The van der Waals surface area contributed by atoms with Crippen molar-refractivity contribution in [1.29, 1.82) is 0 Å². The van der Waals surface area contributed by atoms with Gasteiger partial charge in [0.15, 0.2) is 0 Å². The Labute approximate surface area is 119 Å². The molecule has 0 unspecified atom stereocenters. The van der Waals surface area contributed by atoms with Crippen molar-refractivity contribution in [3.63, 3.8) is 0 Å². The minimum absolute atomic E-state index is 0. The second kappa shape index (κ2) is 5.50. The summed E-state index contributed by atoms with van der Waals surface area (Å²) in [5, 5.41) is 4.95. The molecule has 0 bridgehead atoms. The molecule has 0 saturated carbocycles. The number of fused-ring (bicyclic) bond motifs is 2. The number of rotatable bonds is 2. The van der Waals surface area contributed by atoms with Gasteiger partial charge in [-0.15, -0.1) is 22.9 Å². The predicted octanol–water partition coefficient (Wildman–Crippen LogP) is 1.15. The average molecular weight is 228 g/mol. The summed E-state index contributed by atoms with van der Waals surface area (Å²) < 4.78 is 5.22.